The minimum Gasteiger partial charge on any atom is -0.380 e. The molecule has 0 saturated carbocycles. The third-order valence-electron chi connectivity index (χ3n) is 3.30. The van der Waals surface area contributed by atoms with Crippen molar-refractivity contribution >= 4 is 28.9 Å². The van der Waals surface area contributed by atoms with Crippen molar-refractivity contribution in [3.63, 3.8) is 0 Å². The van der Waals surface area contributed by atoms with Crippen molar-refractivity contribution in [2.24, 2.45) is 0 Å². The second-order valence-corrected chi connectivity index (χ2v) is 5.59. The molecule has 0 spiro atoms. The summed E-state index contributed by atoms with van der Waals surface area (Å²) in [6, 6.07) is 14.9. The van der Waals surface area contributed by atoms with Gasteiger partial charge in [-0.1, -0.05) is 30.7 Å². The molecule has 0 aromatic heterocycles. The molecule has 5 heteroatoms. The standard InChI is InChI=1S/C18H18ClN3O/c1-2-3-18(23)22-16-7-4-13(5-8-16)12-21-17-9-6-15(19)10-14(17)11-20/h4-10,21H,2-3,12H2,1H3,(H,22,23). The van der Waals surface area contributed by atoms with Gasteiger partial charge in [0.05, 0.1) is 11.3 Å². The molecule has 2 rings (SSSR count). The van der Waals surface area contributed by atoms with Crippen molar-refractivity contribution in [3.8, 4) is 6.07 Å². The molecular formula is C18H18ClN3O. The lowest BCUT2D eigenvalue weighted by Crippen LogP contribution is -2.10. The molecule has 0 aliphatic rings. The van der Waals surface area contributed by atoms with Gasteiger partial charge in [-0.25, -0.2) is 0 Å². The fourth-order valence-corrected chi connectivity index (χ4v) is 2.29. The van der Waals surface area contributed by atoms with Gasteiger partial charge in [0, 0.05) is 23.7 Å². The Hall–Kier alpha value is -2.51. The molecule has 0 unspecified atom stereocenters. The Labute approximate surface area is 141 Å². The normalized spacial score (nSPS) is 9.96. The van der Waals surface area contributed by atoms with Crippen LogP contribution in [0.3, 0.4) is 0 Å². The number of nitrogens with one attached hydrogen (secondary N) is 2. The fourth-order valence-electron chi connectivity index (χ4n) is 2.12. The molecule has 4 nitrogen and oxygen atoms in total. The van der Waals surface area contributed by atoms with Crippen molar-refractivity contribution in [1.29, 1.82) is 5.26 Å². The van der Waals surface area contributed by atoms with Gasteiger partial charge in [-0.05, 0) is 42.3 Å². The molecular weight excluding hydrogens is 310 g/mol. The fraction of sp³-hybridized carbons (Fsp3) is 0.222. The zero-order valence-corrected chi connectivity index (χ0v) is 13.7. The van der Waals surface area contributed by atoms with E-state index in [2.05, 4.69) is 16.7 Å². The molecule has 0 atom stereocenters. The first-order valence-corrected chi connectivity index (χ1v) is 7.82. The van der Waals surface area contributed by atoms with Crippen molar-refractivity contribution in [2.45, 2.75) is 26.3 Å². The highest BCUT2D eigenvalue weighted by atomic mass is 35.5. The number of nitrogens with zero attached hydrogens (tertiary/aromatic N) is 1. The quantitative estimate of drug-likeness (QED) is 0.817. The molecule has 0 bridgehead atoms. The number of carbonyl (C=O) groups excluding carboxylic acids is 1. The van der Waals surface area contributed by atoms with Crippen LogP contribution in [0.5, 0.6) is 0 Å². The monoisotopic (exact) mass is 327 g/mol. The number of benzene rings is 2. The lowest BCUT2D eigenvalue weighted by Gasteiger charge is -2.10. The van der Waals surface area contributed by atoms with Gasteiger partial charge in [-0.3, -0.25) is 4.79 Å². The zero-order chi connectivity index (χ0) is 16.7. The lowest BCUT2D eigenvalue weighted by atomic mass is 10.1. The van der Waals surface area contributed by atoms with Crippen molar-refractivity contribution in [2.75, 3.05) is 10.6 Å². The molecule has 23 heavy (non-hydrogen) atoms. The Balaban J connectivity index is 1.97. The first-order chi connectivity index (χ1) is 11.1. The molecule has 2 N–H and O–H groups in total. The highest BCUT2D eigenvalue weighted by molar-refractivity contribution is 6.30. The first-order valence-electron chi connectivity index (χ1n) is 7.44. The number of hydrogen-bond acceptors (Lipinski definition) is 3. The van der Waals surface area contributed by atoms with E-state index in [1.54, 1.807) is 18.2 Å². The number of amides is 1. The van der Waals surface area contributed by atoms with Gasteiger partial charge in [-0.2, -0.15) is 5.26 Å². The van der Waals surface area contributed by atoms with E-state index < -0.39 is 0 Å². The van der Waals surface area contributed by atoms with Crippen LogP contribution in [0.1, 0.15) is 30.9 Å². The number of nitriles is 1. The second kappa shape index (κ2) is 8.21. The van der Waals surface area contributed by atoms with E-state index in [1.807, 2.05) is 31.2 Å². The molecule has 0 saturated heterocycles. The third kappa shape index (κ3) is 5.01. The number of hydrogen-bond donors (Lipinski definition) is 2. The highest BCUT2D eigenvalue weighted by Gasteiger charge is 2.04. The topological polar surface area (TPSA) is 64.9 Å². The molecule has 2 aromatic rings. The van der Waals surface area contributed by atoms with E-state index in [0.717, 1.165) is 23.4 Å². The van der Waals surface area contributed by atoms with Crippen molar-refractivity contribution in [3.05, 3.63) is 58.6 Å². The highest BCUT2D eigenvalue weighted by Crippen LogP contribution is 2.20. The molecule has 0 aliphatic carbocycles. The molecule has 118 valence electrons. The Morgan fingerprint density at radius 1 is 1.22 bits per heavy atom. The second-order valence-electron chi connectivity index (χ2n) is 5.15. The van der Waals surface area contributed by atoms with E-state index in [0.29, 0.717) is 23.6 Å². The predicted molar refractivity (Wildman–Crippen MR) is 93.5 cm³/mol. The van der Waals surface area contributed by atoms with Gasteiger partial charge in [0.1, 0.15) is 6.07 Å². The maximum Gasteiger partial charge on any atom is 0.224 e. The third-order valence-corrected chi connectivity index (χ3v) is 3.53. The van der Waals surface area contributed by atoms with E-state index >= 15 is 0 Å². The van der Waals surface area contributed by atoms with Crippen LogP contribution >= 0.6 is 11.6 Å². The summed E-state index contributed by atoms with van der Waals surface area (Å²) >= 11 is 5.88. The first kappa shape index (κ1) is 16.9. The molecule has 2 aromatic carbocycles. The van der Waals surface area contributed by atoms with Crippen LogP contribution in [0.15, 0.2) is 42.5 Å². The molecule has 0 fully saturated rings. The van der Waals surface area contributed by atoms with Crippen LogP contribution in [-0.4, -0.2) is 5.91 Å². The Bertz CT molecular complexity index is 720. The zero-order valence-electron chi connectivity index (χ0n) is 12.9. The Morgan fingerprint density at radius 3 is 2.61 bits per heavy atom. The van der Waals surface area contributed by atoms with E-state index in [1.165, 1.54) is 0 Å². The summed E-state index contributed by atoms with van der Waals surface area (Å²) < 4.78 is 0. The van der Waals surface area contributed by atoms with E-state index in [9.17, 15) is 4.79 Å². The predicted octanol–water partition coefficient (Wildman–Crippen LogP) is 4.56. The van der Waals surface area contributed by atoms with Crippen LogP contribution in [0.2, 0.25) is 5.02 Å². The number of carbonyl (C=O) groups is 1. The van der Waals surface area contributed by atoms with Gasteiger partial charge in [0.25, 0.3) is 0 Å². The van der Waals surface area contributed by atoms with Crippen LogP contribution in [0, 0.1) is 11.3 Å². The smallest absolute Gasteiger partial charge is 0.224 e. The summed E-state index contributed by atoms with van der Waals surface area (Å²) in [6.07, 6.45) is 1.35. The van der Waals surface area contributed by atoms with Crippen molar-refractivity contribution < 1.29 is 4.79 Å². The Kier molecular flexibility index (Phi) is 6.02. The molecule has 0 aliphatic heterocycles. The average molecular weight is 328 g/mol. The maximum absolute atomic E-state index is 11.5. The number of anilines is 2. The SMILES string of the molecule is CCCC(=O)Nc1ccc(CNc2ccc(Cl)cc2C#N)cc1. The minimum atomic E-state index is 0.0261. The molecule has 1 amide bonds. The summed E-state index contributed by atoms with van der Waals surface area (Å²) in [6.45, 7) is 2.56. The van der Waals surface area contributed by atoms with Crippen LogP contribution in [-0.2, 0) is 11.3 Å². The van der Waals surface area contributed by atoms with Gasteiger partial charge in [-0.15, -0.1) is 0 Å². The van der Waals surface area contributed by atoms with E-state index in [4.69, 9.17) is 16.9 Å². The average Bonchev–Trinajstić information content (AvgIpc) is 2.55. The van der Waals surface area contributed by atoms with Crippen molar-refractivity contribution in [1.82, 2.24) is 0 Å². The maximum atomic E-state index is 11.5. The minimum absolute atomic E-state index is 0.0261. The molecule has 0 heterocycles. The lowest BCUT2D eigenvalue weighted by molar-refractivity contribution is -0.116. The van der Waals surface area contributed by atoms with Crippen LogP contribution in [0.4, 0.5) is 11.4 Å². The van der Waals surface area contributed by atoms with E-state index in [-0.39, 0.29) is 5.91 Å². The number of halogens is 1. The summed E-state index contributed by atoms with van der Waals surface area (Å²) in [7, 11) is 0. The molecule has 0 radical (unpaired) electrons. The summed E-state index contributed by atoms with van der Waals surface area (Å²) in [4.78, 5) is 11.5. The Morgan fingerprint density at radius 2 is 1.96 bits per heavy atom. The van der Waals surface area contributed by atoms with Gasteiger partial charge < -0.3 is 10.6 Å². The van der Waals surface area contributed by atoms with Gasteiger partial charge >= 0.3 is 0 Å². The summed E-state index contributed by atoms with van der Waals surface area (Å²) in [5.74, 6) is 0.0261. The largest absolute Gasteiger partial charge is 0.380 e. The van der Waals surface area contributed by atoms with Crippen LogP contribution < -0.4 is 10.6 Å². The summed E-state index contributed by atoms with van der Waals surface area (Å²) in [5.41, 5.74) is 3.10. The van der Waals surface area contributed by atoms with Crippen LogP contribution in [0.25, 0.3) is 0 Å². The van der Waals surface area contributed by atoms with Gasteiger partial charge in [0.15, 0.2) is 0 Å². The van der Waals surface area contributed by atoms with Gasteiger partial charge in [0.2, 0.25) is 5.91 Å². The summed E-state index contributed by atoms with van der Waals surface area (Å²) in [5, 5.41) is 15.7. The number of rotatable bonds is 6.